The van der Waals surface area contributed by atoms with Crippen molar-refractivity contribution in [3.05, 3.63) is 34.9 Å². The van der Waals surface area contributed by atoms with Crippen LogP contribution in [0, 0.1) is 0 Å². The summed E-state index contributed by atoms with van der Waals surface area (Å²) in [5.74, 6) is -0.0508. The monoisotopic (exact) mass is 242 g/mol. The zero-order valence-electron chi connectivity index (χ0n) is 8.33. The molecule has 0 aliphatic carbocycles. The molecule has 0 aliphatic heterocycles. The Morgan fingerprint density at radius 3 is 2.53 bits per heavy atom. The Hall–Kier alpha value is -0.930. The number of rotatable bonds is 4. The number of carbonyl (C=O) groups excluding carboxylic acids is 1. The van der Waals surface area contributed by atoms with E-state index in [0.717, 1.165) is 0 Å². The van der Waals surface area contributed by atoms with Crippen molar-refractivity contribution in [3.8, 4) is 0 Å². The van der Waals surface area contributed by atoms with Gasteiger partial charge in [0.05, 0.1) is 13.0 Å². The molecule has 4 heteroatoms. The lowest BCUT2D eigenvalue weighted by Crippen LogP contribution is -2.09. The Morgan fingerprint density at radius 2 is 2.00 bits per heavy atom. The lowest BCUT2D eigenvalue weighted by Gasteiger charge is -2.04. The summed E-state index contributed by atoms with van der Waals surface area (Å²) in [5, 5.41) is 0.941. The minimum absolute atomic E-state index is 0.0508. The van der Waals surface area contributed by atoms with Crippen LogP contribution in [-0.2, 0) is 4.74 Å². The second kappa shape index (κ2) is 5.83. The molecule has 0 aliphatic rings. The van der Waals surface area contributed by atoms with Gasteiger partial charge in [0, 0.05) is 10.6 Å². The normalized spacial score (nSPS) is 9.73. The van der Waals surface area contributed by atoms with Gasteiger partial charge in [0.15, 0.2) is 10.8 Å². The highest BCUT2D eigenvalue weighted by molar-refractivity contribution is 7.80. The average molecular weight is 243 g/mol. The van der Waals surface area contributed by atoms with Crippen LogP contribution in [0.15, 0.2) is 24.3 Å². The second-order valence-electron chi connectivity index (χ2n) is 2.91. The van der Waals surface area contributed by atoms with Crippen LogP contribution in [0.4, 0.5) is 0 Å². The number of hydrogen-bond acceptors (Lipinski definition) is 3. The number of ketones is 1. The maximum atomic E-state index is 11.6. The van der Waals surface area contributed by atoms with Crippen LogP contribution in [0.25, 0.3) is 0 Å². The van der Waals surface area contributed by atoms with Crippen LogP contribution in [0.5, 0.6) is 0 Å². The first-order valence-electron chi connectivity index (χ1n) is 4.58. The summed E-state index contributed by atoms with van der Waals surface area (Å²) in [4.78, 5) is 11.6. The quantitative estimate of drug-likeness (QED) is 0.599. The van der Waals surface area contributed by atoms with Crippen molar-refractivity contribution in [2.45, 2.75) is 13.3 Å². The molecular weight excluding hydrogens is 232 g/mol. The minimum atomic E-state index is -0.0508. The van der Waals surface area contributed by atoms with E-state index in [1.54, 1.807) is 24.3 Å². The fraction of sp³-hybridized carbons (Fsp3) is 0.273. The van der Waals surface area contributed by atoms with E-state index in [1.807, 2.05) is 6.92 Å². The van der Waals surface area contributed by atoms with E-state index in [4.69, 9.17) is 28.6 Å². The Labute approximate surface area is 99.2 Å². The van der Waals surface area contributed by atoms with Crippen molar-refractivity contribution in [2.24, 2.45) is 0 Å². The SMILES string of the molecule is CCOC(=S)CC(=O)c1ccc(Cl)cc1. The topological polar surface area (TPSA) is 26.3 Å². The van der Waals surface area contributed by atoms with Crippen molar-refractivity contribution in [3.63, 3.8) is 0 Å². The summed E-state index contributed by atoms with van der Waals surface area (Å²) in [5.41, 5.74) is 0.599. The van der Waals surface area contributed by atoms with Gasteiger partial charge in [0.25, 0.3) is 0 Å². The highest BCUT2D eigenvalue weighted by atomic mass is 35.5. The first kappa shape index (κ1) is 12.1. The molecular formula is C11H11ClO2S. The zero-order chi connectivity index (χ0) is 11.3. The highest BCUT2D eigenvalue weighted by Crippen LogP contribution is 2.11. The molecule has 0 saturated carbocycles. The van der Waals surface area contributed by atoms with Gasteiger partial charge in [-0.3, -0.25) is 4.79 Å². The number of halogens is 1. The Bertz CT molecular complexity index is 359. The lowest BCUT2D eigenvalue weighted by molar-refractivity contribution is 0.0994. The van der Waals surface area contributed by atoms with E-state index in [1.165, 1.54) is 0 Å². The highest BCUT2D eigenvalue weighted by Gasteiger charge is 2.09. The summed E-state index contributed by atoms with van der Waals surface area (Å²) in [6, 6.07) is 6.72. The van der Waals surface area contributed by atoms with E-state index in [-0.39, 0.29) is 12.2 Å². The van der Waals surface area contributed by atoms with Gasteiger partial charge in [-0.25, -0.2) is 0 Å². The van der Waals surface area contributed by atoms with Crippen LogP contribution in [0.1, 0.15) is 23.7 Å². The molecule has 2 nitrogen and oxygen atoms in total. The fourth-order valence-electron chi connectivity index (χ4n) is 1.08. The Morgan fingerprint density at radius 1 is 1.40 bits per heavy atom. The van der Waals surface area contributed by atoms with E-state index in [0.29, 0.717) is 22.2 Å². The molecule has 0 unspecified atom stereocenters. The smallest absolute Gasteiger partial charge is 0.171 e. The third-order valence-electron chi connectivity index (χ3n) is 1.78. The van der Waals surface area contributed by atoms with Crippen molar-refractivity contribution in [1.82, 2.24) is 0 Å². The van der Waals surface area contributed by atoms with Gasteiger partial charge < -0.3 is 4.74 Å². The standard InChI is InChI=1S/C11H11ClO2S/c1-2-14-11(15)7-10(13)8-3-5-9(12)6-4-8/h3-6H,2,7H2,1H3. The van der Waals surface area contributed by atoms with Crippen molar-refractivity contribution < 1.29 is 9.53 Å². The largest absolute Gasteiger partial charge is 0.487 e. The van der Waals surface area contributed by atoms with Crippen LogP contribution in [0.3, 0.4) is 0 Å². The summed E-state index contributed by atoms with van der Waals surface area (Å²) >= 11 is 10.6. The van der Waals surface area contributed by atoms with Crippen LogP contribution in [0.2, 0.25) is 5.02 Å². The molecule has 0 aromatic heterocycles. The Balaban J connectivity index is 2.61. The summed E-state index contributed by atoms with van der Waals surface area (Å²) in [6.45, 7) is 2.33. The van der Waals surface area contributed by atoms with Gasteiger partial charge in [-0.1, -0.05) is 11.6 Å². The molecule has 0 heterocycles. The Kier molecular flexibility index (Phi) is 4.72. The summed E-state index contributed by atoms with van der Waals surface area (Å²) < 4.78 is 5.04. The predicted octanol–water partition coefficient (Wildman–Crippen LogP) is 3.28. The van der Waals surface area contributed by atoms with Crippen molar-refractivity contribution in [1.29, 1.82) is 0 Å². The number of benzene rings is 1. The van der Waals surface area contributed by atoms with Gasteiger partial charge >= 0.3 is 0 Å². The molecule has 0 N–H and O–H groups in total. The lowest BCUT2D eigenvalue weighted by atomic mass is 10.1. The van der Waals surface area contributed by atoms with Gasteiger partial charge in [0.2, 0.25) is 0 Å². The van der Waals surface area contributed by atoms with Gasteiger partial charge in [-0.15, -0.1) is 0 Å². The van der Waals surface area contributed by atoms with Gasteiger partial charge in [-0.05, 0) is 43.4 Å². The summed E-state index contributed by atoms with van der Waals surface area (Å²) in [7, 11) is 0. The molecule has 80 valence electrons. The second-order valence-corrected chi connectivity index (χ2v) is 3.80. The first-order valence-corrected chi connectivity index (χ1v) is 5.36. The molecule has 1 aromatic rings. The number of hydrogen-bond donors (Lipinski definition) is 0. The molecule has 0 saturated heterocycles. The van der Waals surface area contributed by atoms with Gasteiger partial charge in [-0.2, -0.15) is 0 Å². The molecule has 0 radical (unpaired) electrons. The third-order valence-corrected chi connectivity index (χ3v) is 2.29. The fourth-order valence-corrected chi connectivity index (χ4v) is 1.46. The number of carbonyl (C=O) groups is 1. The van der Waals surface area contributed by atoms with E-state index in [9.17, 15) is 4.79 Å². The average Bonchev–Trinajstić information content (AvgIpc) is 2.18. The number of thiocarbonyl (C=S) groups is 1. The third kappa shape index (κ3) is 3.98. The number of Topliss-reactive ketones (excluding diaryl/α,β-unsaturated/α-hetero) is 1. The predicted molar refractivity (Wildman–Crippen MR) is 64.6 cm³/mol. The molecule has 1 aromatic carbocycles. The van der Waals surface area contributed by atoms with E-state index in [2.05, 4.69) is 0 Å². The molecule has 0 fully saturated rings. The van der Waals surface area contributed by atoms with E-state index < -0.39 is 0 Å². The molecule has 0 spiro atoms. The van der Waals surface area contributed by atoms with Crippen molar-refractivity contribution in [2.75, 3.05) is 6.61 Å². The van der Waals surface area contributed by atoms with Gasteiger partial charge in [0.1, 0.15) is 0 Å². The maximum Gasteiger partial charge on any atom is 0.171 e. The number of ether oxygens (including phenoxy) is 1. The first-order chi connectivity index (χ1) is 7.13. The van der Waals surface area contributed by atoms with E-state index >= 15 is 0 Å². The van der Waals surface area contributed by atoms with Crippen molar-refractivity contribution >= 4 is 34.7 Å². The molecule has 0 atom stereocenters. The molecule has 15 heavy (non-hydrogen) atoms. The zero-order valence-corrected chi connectivity index (χ0v) is 9.90. The van der Waals surface area contributed by atoms with Crippen LogP contribution < -0.4 is 0 Å². The molecule has 0 amide bonds. The molecule has 1 rings (SSSR count). The van der Waals surface area contributed by atoms with Crippen LogP contribution in [-0.4, -0.2) is 17.4 Å². The minimum Gasteiger partial charge on any atom is -0.487 e. The van der Waals surface area contributed by atoms with Crippen LogP contribution >= 0.6 is 23.8 Å². The molecule has 0 bridgehead atoms. The maximum absolute atomic E-state index is 11.6. The summed E-state index contributed by atoms with van der Waals surface area (Å²) in [6.07, 6.45) is 0.144.